The molecule has 3 N–H and O–H groups in total. The Balaban J connectivity index is 2.09. The van der Waals surface area contributed by atoms with Gasteiger partial charge in [0.2, 0.25) is 5.91 Å². The van der Waals surface area contributed by atoms with Crippen molar-refractivity contribution in [1.29, 1.82) is 0 Å². The van der Waals surface area contributed by atoms with Crippen LogP contribution in [0.15, 0.2) is 27.4 Å². The zero-order valence-corrected chi connectivity index (χ0v) is 9.90. The lowest BCUT2D eigenvalue weighted by Crippen LogP contribution is -2.41. The Hall–Kier alpha value is -2.08. The van der Waals surface area contributed by atoms with Gasteiger partial charge in [0.25, 0.3) is 0 Å². The fourth-order valence-corrected chi connectivity index (χ4v) is 2.34. The number of hydrogen-bond acceptors (Lipinski definition) is 4. The largest absolute Gasteiger partial charge is 0.417 e. The molecule has 2 aromatic rings. The van der Waals surface area contributed by atoms with Gasteiger partial charge in [-0.25, -0.2) is 10.6 Å². The fourth-order valence-electron chi connectivity index (χ4n) is 2.34. The van der Waals surface area contributed by atoms with Crippen LogP contribution in [0.1, 0.15) is 18.4 Å². The first-order chi connectivity index (χ1) is 8.53. The molecular weight excluding hydrogens is 234 g/mol. The molecule has 6 nitrogen and oxygen atoms in total. The predicted octanol–water partition coefficient (Wildman–Crippen LogP) is 0.485. The van der Waals surface area contributed by atoms with Crippen molar-refractivity contribution in [2.75, 3.05) is 7.05 Å². The average molecular weight is 247 g/mol. The van der Waals surface area contributed by atoms with Gasteiger partial charge in [-0.15, -0.1) is 0 Å². The topological polar surface area (TPSA) is 92.3 Å². The second kappa shape index (κ2) is 3.46. The third kappa shape index (κ3) is 1.46. The Labute approximate surface area is 102 Å². The standard InChI is InChI=1S/C12H13N3O3/c1-15(13)10(16)12(4-5-12)7-2-3-9-8(6-7)14-11(17)18-9/h2-3,6H,4-5,13H2,1H3,(H,14,17). The van der Waals surface area contributed by atoms with Gasteiger partial charge >= 0.3 is 5.76 Å². The number of carbonyl (C=O) groups excluding carboxylic acids is 1. The predicted molar refractivity (Wildman–Crippen MR) is 64.7 cm³/mol. The molecule has 0 spiro atoms. The van der Waals surface area contributed by atoms with Crippen LogP contribution in [0.2, 0.25) is 0 Å². The van der Waals surface area contributed by atoms with Gasteiger partial charge in [-0.2, -0.15) is 0 Å². The molecule has 0 unspecified atom stereocenters. The van der Waals surface area contributed by atoms with Gasteiger partial charge in [0, 0.05) is 7.05 Å². The molecule has 0 aliphatic heterocycles. The van der Waals surface area contributed by atoms with Crippen LogP contribution >= 0.6 is 0 Å². The van der Waals surface area contributed by atoms with E-state index in [0.29, 0.717) is 11.1 Å². The van der Waals surface area contributed by atoms with E-state index in [0.717, 1.165) is 23.4 Å². The van der Waals surface area contributed by atoms with Crippen LogP contribution in [-0.4, -0.2) is 22.9 Å². The Morgan fingerprint density at radius 2 is 2.22 bits per heavy atom. The summed E-state index contributed by atoms with van der Waals surface area (Å²) in [5.74, 6) is 4.93. The maximum absolute atomic E-state index is 12.1. The second-order valence-electron chi connectivity index (χ2n) is 4.72. The quantitative estimate of drug-likeness (QED) is 0.459. The monoisotopic (exact) mass is 247 g/mol. The van der Waals surface area contributed by atoms with E-state index in [2.05, 4.69) is 4.98 Å². The summed E-state index contributed by atoms with van der Waals surface area (Å²) in [6.07, 6.45) is 1.56. The van der Waals surface area contributed by atoms with E-state index in [1.54, 1.807) is 19.2 Å². The van der Waals surface area contributed by atoms with E-state index >= 15 is 0 Å². The van der Waals surface area contributed by atoms with Crippen molar-refractivity contribution >= 4 is 17.0 Å². The molecule has 1 heterocycles. The smallest absolute Gasteiger partial charge is 0.408 e. The molecule has 1 aromatic heterocycles. The van der Waals surface area contributed by atoms with E-state index in [1.165, 1.54) is 0 Å². The van der Waals surface area contributed by atoms with E-state index < -0.39 is 11.2 Å². The SMILES string of the molecule is CN(N)C(=O)C1(c2ccc3oc(=O)[nH]c3c2)CC1. The number of hydrogen-bond donors (Lipinski definition) is 2. The van der Waals surface area contributed by atoms with Crippen LogP contribution in [0.5, 0.6) is 0 Å². The van der Waals surface area contributed by atoms with Crippen molar-refractivity contribution in [3.63, 3.8) is 0 Å². The molecule has 1 aliphatic rings. The summed E-state index contributed by atoms with van der Waals surface area (Å²) in [6, 6.07) is 5.30. The number of oxazole rings is 1. The summed E-state index contributed by atoms with van der Waals surface area (Å²) >= 11 is 0. The van der Waals surface area contributed by atoms with E-state index in [9.17, 15) is 9.59 Å². The number of aromatic nitrogens is 1. The number of nitrogens with two attached hydrogens (primary N) is 1. The maximum Gasteiger partial charge on any atom is 0.417 e. The van der Waals surface area contributed by atoms with Crippen molar-refractivity contribution in [2.24, 2.45) is 5.84 Å². The second-order valence-corrected chi connectivity index (χ2v) is 4.72. The number of hydrazine groups is 1. The van der Waals surface area contributed by atoms with Crippen LogP contribution in [0.25, 0.3) is 11.1 Å². The van der Waals surface area contributed by atoms with Gasteiger partial charge in [0.05, 0.1) is 10.9 Å². The summed E-state index contributed by atoms with van der Waals surface area (Å²) in [6.45, 7) is 0. The highest BCUT2D eigenvalue weighted by molar-refractivity contribution is 5.91. The number of nitrogens with one attached hydrogen (secondary N) is 1. The first kappa shape index (κ1) is 11.0. The first-order valence-electron chi connectivity index (χ1n) is 5.69. The van der Waals surface area contributed by atoms with Crippen LogP contribution in [0, 0.1) is 0 Å². The van der Waals surface area contributed by atoms with Crippen LogP contribution in [0.3, 0.4) is 0 Å². The van der Waals surface area contributed by atoms with Gasteiger partial charge in [-0.05, 0) is 30.5 Å². The van der Waals surface area contributed by atoms with E-state index in [-0.39, 0.29) is 5.91 Å². The number of carbonyl (C=O) groups is 1. The number of likely N-dealkylation sites (N-methyl/N-ethyl adjacent to an activating group) is 1. The number of fused-ring (bicyclic) bond motifs is 1. The molecular formula is C12H13N3O3. The number of nitrogens with zero attached hydrogens (tertiary/aromatic N) is 1. The number of rotatable bonds is 2. The zero-order chi connectivity index (χ0) is 12.9. The summed E-state index contributed by atoms with van der Waals surface area (Å²) in [7, 11) is 1.54. The lowest BCUT2D eigenvalue weighted by molar-refractivity contribution is -0.132. The lowest BCUT2D eigenvalue weighted by Gasteiger charge is -2.19. The molecule has 0 bridgehead atoms. The van der Waals surface area contributed by atoms with E-state index in [4.69, 9.17) is 10.3 Å². The Morgan fingerprint density at radius 1 is 1.50 bits per heavy atom. The highest BCUT2D eigenvalue weighted by atomic mass is 16.4. The van der Waals surface area contributed by atoms with Crippen LogP contribution in [0.4, 0.5) is 0 Å². The number of H-pyrrole nitrogens is 1. The molecule has 0 saturated heterocycles. The Morgan fingerprint density at radius 3 is 2.83 bits per heavy atom. The van der Waals surface area contributed by atoms with Crippen molar-refractivity contribution in [3.05, 3.63) is 34.3 Å². The molecule has 94 valence electrons. The van der Waals surface area contributed by atoms with Crippen molar-refractivity contribution < 1.29 is 9.21 Å². The molecule has 0 atom stereocenters. The summed E-state index contributed by atoms with van der Waals surface area (Å²) in [5.41, 5.74) is 1.45. The molecule has 18 heavy (non-hydrogen) atoms. The van der Waals surface area contributed by atoms with Crippen molar-refractivity contribution in [3.8, 4) is 0 Å². The molecule has 6 heteroatoms. The zero-order valence-electron chi connectivity index (χ0n) is 9.90. The molecule has 1 fully saturated rings. The third-order valence-electron chi connectivity index (χ3n) is 3.45. The minimum atomic E-state index is -0.522. The minimum Gasteiger partial charge on any atom is -0.408 e. The van der Waals surface area contributed by atoms with Gasteiger partial charge < -0.3 is 4.42 Å². The average Bonchev–Trinajstić information content (AvgIpc) is 3.04. The van der Waals surface area contributed by atoms with E-state index in [1.807, 2.05) is 6.07 Å². The molecule has 1 aromatic carbocycles. The lowest BCUT2D eigenvalue weighted by atomic mass is 9.94. The summed E-state index contributed by atoms with van der Waals surface area (Å²) in [5, 5.41) is 1.12. The number of aromatic amines is 1. The highest BCUT2D eigenvalue weighted by Gasteiger charge is 2.52. The normalized spacial score (nSPS) is 16.8. The van der Waals surface area contributed by atoms with Gasteiger partial charge in [-0.3, -0.25) is 14.8 Å². The summed E-state index contributed by atoms with van der Waals surface area (Å²) < 4.78 is 4.93. The maximum atomic E-state index is 12.1. The van der Waals surface area contributed by atoms with Crippen LogP contribution in [-0.2, 0) is 10.2 Å². The van der Waals surface area contributed by atoms with Crippen LogP contribution < -0.4 is 11.6 Å². The molecule has 1 aliphatic carbocycles. The number of amides is 1. The highest BCUT2D eigenvalue weighted by Crippen LogP contribution is 2.49. The van der Waals surface area contributed by atoms with Gasteiger partial charge in [-0.1, -0.05) is 6.07 Å². The van der Waals surface area contributed by atoms with Gasteiger partial charge in [0.15, 0.2) is 5.58 Å². The number of benzene rings is 1. The van der Waals surface area contributed by atoms with Crippen molar-refractivity contribution in [1.82, 2.24) is 9.99 Å². The molecule has 1 saturated carbocycles. The molecule has 3 rings (SSSR count). The molecule has 0 radical (unpaired) electrons. The minimum absolute atomic E-state index is 0.104. The fraction of sp³-hybridized carbons (Fsp3) is 0.333. The Kier molecular flexibility index (Phi) is 2.12. The summed E-state index contributed by atoms with van der Waals surface area (Å²) in [4.78, 5) is 25.8. The Bertz CT molecular complexity index is 679. The molecule has 1 amide bonds. The third-order valence-corrected chi connectivity index (χ3v) is 3.45. The van der Waals surface area contributed by atoms with Crippen molar-refractivity contribution in [2.45, 2.75) is 18.3 Å². The first-order valence-corrected chi connectivity index (χ1v) is 5.69. The van der Waals surface area contributed by atoms with Gasteiger partial charge in [0.1, 0.15) is 0 Å².